The number of aliphatic imine (C=N–C) groups is 2. The highest BCUT2D eigenvalue weighted by Crippen LogP contribution is 2.28. The minimum atomic E-state index is -0.0366. The molecule has 4 rings (SSSR count). The van der Waals surface area contributed by atoms with Gasteiger partial charge in [-0.15, -0.1) is 0 Å². The molecule has 1 amide bonds. The van der Waals surface area contributed by atoms with Gasteiger partial charge in [0.25, 0.3) is 0 Å². The van der Waals surface area contributed by atoms with Crippen molar-refractivity contribution in [2.24, 2.45) is 9.98 Å². The van der Waals surface area contributed by atoms with Crippen LogP contribution in [-0.4, -0.2) is 43.1 Å². The number of benzene rings is 1. The summed E-state index contributed by atoms with van der Waals surface area (Å²) in [6, 6.07) is 9.88. The molecule has 1 saturated carbocycles. The number of aromatic nitrogens is 1. The van der Waals surface area contributed by atoms with E-state index in [1.165, 1.54) is 0 Å². The SMILES string of the molecule is C=N/C(Nc1ccc(Oc2ccc(C)nc2)c(C)c1)=C1/C=C(C(=O)NC2CC2)CCNC1=NC. The van der Waals surface area contributed by atoms with Crippen LogP contribution in [0.15, 0.2) is 69.6 Å². The van der Waals surface area contributed by atoms with Crippen molar-refractivity contribution in [3.63, 3.8) is 0 Å². The summed E-state index contributed by atoms with van der Waals surface area (Å²) >= 11 is 0. The Morgan fingerprint density at radius 3 is 2.71 bits per heavy atom. The average Bonchev–Trinajstić information content (AvgIpc) is 3.66. The third-order valence-corrected chi connectivity index (χ3v) is 5.65. The number of amidine groups is 1. The van der Waals surface area contributed by atoms with Gasteiger partial charge in [0.1, 0.15) is 23.2 Å². The number of pyridine rings is 1. The van der Waals surface area contributed by atoms with Crippen LogP contribution in [0.3, 0.4) is 0 Å². The van der Waals surface area contributed by atoms with E-state index in [0.717, 1.165) is 35.5 Å². The fraction of sp³-hybridized carbons (Fsp3) is 0.308. The first-order chi connectivity index (χ1) is 16.5. The number of aryl methyl sites for hydroxylation is 2. The molecule has 1 aromatic heterocycles. The summed E-state index contributed by atoms with van der Waals surface area (Å²) in [5, 5.41) is 9.69. The Hall–Kier alpha value is -3.94. The van der Waals surface area contributed by atoms with E-state index >= 15 is 0 Å². The van der Waals surface area contributed by atoms with Gasteiger partial charge < -0.3 is 20.7 Å². The molecule has 0 atom stereocenters. The van der Waals surface area contributed by atoms with Crippen LogP contribution >= 0.6 is 0 Å². The Kier molecular flexibility index (Phi) is 7.06. The molecule has 0 bridgehead atoms. The Labute approximate surface area is 200 Å². The first-order valence-corrected chi connectivity index (χ1v) is 11.4. The van der Waals surface area contributed by atoms with Crippen molar-refractivity contribution in [3.05, 3.63) is 70.8 Å². The minimum Gasteiger partial charge on any atom is -0.455 e. The van der Waals surface area contributed by atoms with E-state index in [1.54, 1.807) is 13.2 Å². The van der Waals surface area contributed by atoms with Crippen molar-refractivity contribution < 1.29 is 9.53 Å². The third kappa shape index (κ3) is 5.70. The number of hydrogen-bond acceptors (Lipinski definition) is 6. The summed E-state index contributed by atoms with van der Waals surface area (Å²) in [5.41, 5.74) is 4.09. The van der Waals surface area contributed by atoms with Crippen LogP contribution in [0, 0.1) is 13.8 Å². The van der Waals surface area contributed by atoms with Crippen LogP contribution in [0.2, 0.25) is 0 Å². The molecule has 1 aliphatic heterocycles. The lowest BCUT2D eigenvalue weighted by atomic mass is 10.1. The number of nitrogens with one attached hydrogen (secondary N) is 3. The van der Waals surface area contributed by atoms with Gasteiger partial charge >= 0.3 is 0 Å². The van der Waals surface area contributed by atoms with E-state index in [4.69, 9.17) is 4.74 Å². The van der Waals surface area contributed by atoms with Crippen molar-refractivity contribution in [1.29, 1.82) is 0 Å². The normalized spacial score (nSPS) is 18.3. The van der Waals surface area contributed by atoms with Gasteiger partial charge in [0.05, 0.1) is 11.8 Å². The van der Waals surface area contributed by atoms with E-state index < -0.39 is 0 Å². The number of carbonyl (C=O) groups excluding carboxylic acids is 1. The molecule has 176 valence electrons. The third-order valence-electron chi connectivity index (χ3n) is 5.65. The standard InChI is InChI=1S/C26H30N6O2/c1-16-13-20(8-10-23(16)34-21-9-5-17(2)30-15-21)31-25(28-4)22-14-18(11-12-29-24(22)27-3)26(33)32-19-6-7-19/h5,8-10,13-15,19,31H,4,6-7,11-12H2,1-3H3,(H,27,29)(H,32,33)/b25-22+. The highest BCUT2D eigenvalue weighted by atomic mass is 16.5. The molecule has 2 heterocycles. The molecule has 2 aromatic rings. The van der Waals surface area contributed by atoms with Crippen LogP contribution in [-0.2, 0) is 4.79 Å². The maximum absolute atomic E-state index is 12.7. The minimum absolute atomic E-state index is 0.0366. The molecular formula is C26H30N6O2. The largest absolute Gasteiger partial charge is 0.455 e. The van der Waals surface area contributed by atoms with Gasteiger partial charge in [-0.05, 0) is 81.8 Å². The second-order valence-corrected chi connectivity index (χ2v) is 8.43. The zero-order valence-electron chi connectivity index (χ0n) is 19.8. The maximum Gasteiger partial charge on any atom is 0.247 e. The quantitative estimate of drug-likeness (QED) is 0.544. The van der Waals surface area contributed by atoms with Gasteiger partial charge in [0.15, 0.2) is 0 Å². The maximum atomic E-state index is 12.7. The molecule has 1 aromatic carbocycles. The zero-order chi connectivity index (χ0) is 24.1. The molecule has 0 spiro atoms. The van der Waals surface area contributed by atoms with Gasteiger partial charge in [-0.1, -0.05) is 0 Å². The van der Waals surface area contributed by atoms with Gasteiger partial charge in [-0.25, -0.2) is 4.99 Å². The number of anilines is 1. The Morgan fingerprint density at radius 1 is 1.24 bits per heavy atom. The lowest BCUT2D eigenvalue weighted by molar-refractivity contribution is -0.117. The highest BCUT2D eigenvalue weighted by molar-refractivity contribution is 6.05. The summed E-state index contributed by atoms with van der Waals surface area (Å²) in [6.45, 7) is 8.27. The van der Waals surface area contributed by atoms with Gasteiger partial charge in [0.2, 0.25) is 5.91 Å². The van der Waals surface area contributed by atoms with Crippen molar-refractivity contribution in [2.45, 2.75) is 39.2 Å². The summed E-state index contributed by atoms with van der Waals surface area (Å²) in [5.74, 6) is 2.56. The van der Waals surface area contributed by atoms with Crippen molar-refractivity contribution >= 4 is 24.1 Å². The monoisotopic (exact) mass is 458 g/mol. The lowest BCUT2D eigenvalue weighted by Gasteiger charge is -2.15. The number of carbonyl (C=O) groups is 1. The molecular weight excluding hydrogens is 428 g/mol. The molecule has 8 nitrogen and oxygen atoms in total. The van der Waals surface area contributed by atoms with Crippen LogP contribution in [0.4, 0.5) is 5.69 Å². The second kappa shape index (κ2) is 10.3. The highest BCUT2D eigenvalue weighted by Gasteiger charge is 2.26. The first-order valence-electron chi connectivity index (χ1n) is 11.4. The summed E-state index contributed by atoms with van der Waals surface area (Å²) in [6.07, 6.45) is 6.25. The topological polar surface area (TPSA) is 100 Å². The van der Waals surface area contributed by atoms with E-state index in [9.17, 15) is 4.79 Å². The number of ether oxygens (including phenoxy) is 1. The summed E-state index contributed by atoms with van der Waals surface area (Å²) in [7, 11) is 1.71. The number of amides is 1. The second-order valence-electron chi connectivity index (χ2n) is 8.43. The van der Waals surface area contributed by atoms with Crippen molar-refractivity contribution in [2.75, 3.05) is 18.9 Å². The zero-order valence-corrected chi connectivity index (χ0v) is 19.8. The fourth-order valence-electron chi connectivity index (χ4n) is 3.60. The van der Waals surface area contributed by atoms with E-state index in [2.05, 4.69) is 37.6 Å². The number of nitrogens with zero attached hydrogens (tertiary/aromatic N) is 3. The molecule has 0 saturated heterocycles. The van der Waals surface area contributed by atoms with Gasteiger partial charge in [0, 0.05) is 36.6 Å². The van der Waals surface area contributed by atoms with E-state index in [0.29, 0.717) is 47.6 Å². The Morgan fingerprint density at radius 2 is 2.06 bits per heavy atom. The number of rotatable bonds is 7. The van der Waals surface area contributed by atoms with E-state index in [1.807, 2.05) is 50.3 Å². The smallest absolute Gasteiger partial charge is 0.247 e. The number of hydrogen-bond donors (Lipinski definition) is 3. The average molecular weight is 459 g/mol. The van der Waals surface area contributed by atoms with Gasteiger partial charge in [-0.3, -0.25) is 14.8 Å². The molecule has 0 unspecified atom stereocenters. The molecule has 3 N–H and O–H groups in total. The lowest BCUT2D eigenvalue weighted by Crippen LogP contribution is -2.28. The van der Waals surface area contributed by atoms with Crippen LogP contribution in [0.1, 0.15) is 30.5 Å². The van der Waals surface area contributed by atoms with Crippen LogP contribution in [0.25, 0.3) is 0 Å². The molecule has 8 heteroatoms. The summed E-state index contributed by atoms with van der Waals surface area (Å²) < 4.78 is 5.97. The molecule has 1 fully saturated rings. The fourth-order valence-corrected chi connectivity index (χ4v) is 3.60. The Bertz CT molecular complexity index is 1180. The summed E-state index contributed by atoms with van der Waals surface area (Å²) in [4.78, 5) is 25.6. The van der Waals surface area contributed by atoms with Crippen molar-refractivity contribution in [1.82, 2.24) is 15.6 Å². The van der Waals surface area contributed by atoms with E-state index in [-0.39, 0.29) is 5.91 Å². The van der Waals surface area contributed by atoms with Crippen molar-refractivity contribution in [3.8, 4) is 11.5 Å². The predicted molar refractivity (Wildman–Crippen MR) is 136 cm³/mol. The molecule has 0 radical (unpaired) electrons. The van der Waals surface area contributed by atoms with Crippen LogP contribution in [0.5, 0.6) is 11.5 Å². The van der Waals surface area contributed by atoms with Crippen LogP contribution < -0.4 is 20.7 Å². The molecule has 2 aliphatic rings. The molecule has 1 aliphatic carbocycles. The first kappa shape index (κ1) is 23.2. The Balaban J connectivity index is 1.59. The predicted octanol–water partition coefficient (Wildman–Crippen LogP) is 4.04. The molecule has 34 heavy (non-hydrogen) atoms. The van der Waals surface area contributed by atoms with Gasteiger partial charge in [-0.2, -0.15) is 0 Å².